The van der Waals surface area contributed by atoms with Crippen LogP contribution in [0.4, 0.5) is 0 Å². The molecule has 0 atom stereocenters. The van der Waals surface area contributed by atoms with Crippen molar-refractivity contribution in [2.24, 2.45) is 0 Å². The minimum Gasteiger partial charge on any atom is -0.494 e. The number of allylic oxidation sites excluding steroid dienone is 1. The van der Waals surface area contributed by atoms with E-state index in [0.29, 0.717) is 12.3 Å². The maximum Gasteiger partial charge on any atom is 0.259 e. The van der Waals surface area contributed by atoms with Crippen LogP contribution in [0.15, 0.2) is 34.0 Å². The van der Waals surface area contributed by atoms with Crippen molar-refractivity contribution in [3.63, 3.8) is 0 Å². The molecule has 2 heterocycles. The van der Waals surface area contributed by atoms with E-state index in [0.717, 1.165) is 5.76 Å². The fourth-order valence-electron chi connectivity index (χ4n) is 1.81. The molecule has 0 unspecified atom stereocenters. The molecule has 19 heavy (non-hydrogen) atoms. The lowest BCUT2D eigenvalue weighted by molar-refractivity contribution is 0.403. The monoisotopic (exact) mass is 278 g/mol. The predicted octanol–water partition coefficient (Wildman–Crippen LogP) is 2.29. The van der Waals surface area contributed by atoms with E-state index in [-0.39, 0.29) is 22.6 Å². The third kappa shape index (κ3) is 2.68. The Hall–Kier alpha value is -2.08. The van der Waals surface area contributed by atoms with Gasteiger partial charge in [-0.05, 0) is 31.3 Å². The van der Waals surface area contributed by atoms with Gasteiger partial charge in [-0.1, -0.05) is 6.08 Å². The Balaban J connectivity index is 2.50. The molecule has 0 saturated heterocycles. The summed E-state index contributed by atoms with van der Waals surface area (Å²) in [5.74, 6) is 1.22. The lowest BCUT2D eigenvalue weighted by Gasteiger charge is -2.10. The summed E-state index contributed by atoms with van der Waals surface area (Å²) in [6.07, 6.45) is 1.80. The Morgan fingerprint density at radius 1 is 1.58 bits per heavy atom. The highest BCUT2D eigenvalue weighted by molar-refractivity contribution is 7.71. The Morgan fingerprint density at radius 2 is 2.32 bits per heavy atom. The second kappa shape index (κ2) is 5.27. The highest BCUT2D eigenvalue weighted by atomic mass is 32.1. The maximum absolute atomic E-state index is 11.9. The van der Waals surface area contributed by atoms with Gasteiger partial charge in [0.2, 0.25) is 5.88 Å². The zero-order valence-corrected chi connectivity index (χ0v) is 11.3. The molecular formula is C13H14N2O3S. The van der Waals surface area contributed by atoms with E-state index in [9.17, 15) is 9.90 Å². The molecule has 2 rings (SSSR count). The fraction of sp³-hybridized carbons (Fsp3) is 0.231. The van der Waals surface area contributed by atoms with Crippen LogP contribution in [0.1, 0.15) is 17.1 Å². The quantitative estimate of drug-likeness (QED) is 0.665. The van der Waals surface area contributed by atoms with Gasteiger partial charge in [0.25, 0.3) is 5.56 Å². The standard InChI is InChI=1S/C13H14N2O3S/c1-3-6-15-12(17)10(11(16)14-13(15)19)7-9-5-4-8(2)18-9/h3-5,17H,1,6-7H2,2H3,(H,14,16,19). The van der Waals surface area contributed by atoms with Crippen LogP contribution in [0.3, 0.4) is 0 Å². The molecule has 0 spiro atoms. The normalized spacial score (nSPS) is 10.6. The average Bonchev–Trinajstić information content (AvgIpc) is 2.76. The number of nitrogens with zero attached hydrogens (tertiary/aromatic N) is 1. The summed E-state index contributed by atoms with van der Waals surface area (Å²) in [6.45, 7) is 5.73. The first-order chi connectivity index (χ1) is 9.02. The molecule has 6 heteroatoms. The van der Waals surface area contributed by atoms with Crippen molar-refractivity contribution in [1.29, 1.82) is 0 Å². The van der Waals surface area contributed by atoms with Gasteiger partial charge in [0.1, 0.15) is 11.5 Å². The van der Waals surface area contributed by atoms with Crippen LogP contribution < -0.4 is 5.56 Å². The van der Waals surface area contributed by atoms with Crippen molar-refractivity contribution in [3.8, 4) is 5.88 Å². The Bertz CT molecular complexity index is 724. The SMILES string of the molecule is C=CCn1c(O)c(Cc2ccc(C)o2)c(=O)[nH]c1=S. The van der Waals surface area contributed by atoms with Crippen molar-refractivity contribution in [2.75, 3.05) is 0 Å². The minimum absolute atomic E-state index is 0.150. The fourth-order valence-corrected chi connectivity index (χ4v) is 2.07. The van der Waals surface area contributed by atoms with Crippen molar-refractivity contribution in [3.05, 3.63) is 57.0 Å². The topological polar surface area (TPSA) is 71.2 Å². The lowest BCUT2D eigenvalue weighted by Crippen LogP contribution is -2.19. The van der Waals surface area contributed by atoms with Gasteiger partial charge in [0, 0.05) is 13.0 Å². The molecule has 100 valence electrons. The van der Waals surface area contributed by atoms with Crippen LogP contribution in [-0.2, 0) is 13.0 Å². The number of furan rings is 1. The molecule has 0 aliphatic carbocycles. The van der Waals surface area contributed by atoms with E-state index in [4.69, 9.17) is 16.6 Å². The minimum atomic E-state index is -0.406. The summed E-state index contributed by atoms with van der Waals surface area (Å²) >= 11 is 5.00. The molecule has 0 radical (unpaired) electrons. The number of hydrogen-bond acceptors (Lipinski definition) is 4. The second-order valence-electron chi connectivity index (χ2n) is 4.15. The highest BCUT2D eigenvalue weighted by Crippen LogP contribution is 2.18. The molecule has 2 aromatic rings. The van der Waals surface area contributed by atoms with E-state index in [2.05, 4.69) is 11.6 Å². The van der Waals surface area contributed by atoms with Crippen LogP contribution >= 0.6 is 12.2 Å². The molecular weight excluding hydrogens is 264 g/mol. The molecule has 5 nitrogen and oxygen atoms in total. The summed E-state index contributed by atoms with van der Waals surface area (Å²) in [4.78, 5) is 14.4. The molecule has 0 saturated carbocycles. The van der Waals surface area contributed by atoms with Gasteiger partial charge in [-0.15, -0.1) is 6.58 Å². The number of aryl methyl sites for hydroxylation is 1. The number of nitrogens with one attached hydrogen (secondary N) is 1. The van der Waals surface area contributed by atoms with Crippen LogP contribution in [0.5, 0.6) is 5.88 Å². The predicted molar refractivity (Wildman–Crippen MR) is 74.0 cm³/mol. The Morgan fingerprint density at radius 3 is 2.89 bits per heavy atom. The van der Waals surface area contributed by atoms with Crippen molar-refractivity contribution in [2.45, 2.75) is 19.9 Å². The van der Waals surface area contributed by atoms with Gasteiger partial charge in [-0.25, -0.2) is 0 Å². The highest BCUT2D eigenvalue weighted by Gasteiger charge is 2.14. The van der Waals surface area contributed by atoms with E-state index >= 15 is 0 Å². The third-order valence-electron chi connectivity index (χ3n) is 2.72. The third-order valence-corrected chi connectivity index (χ3v) is 3.05. The molecule has 0 aromatic carbocycles. The molecule has 0 amide bonds. The smallest absolute Gasteiger partial charge is 0.259 e. The van der Waals surface area contributed by atoms with Gasteiger partial charge in [-0.3, -0.25) is 14.3 Å². The largest absolute Gasteiger partial charge is 0.494 e. The molecule has 2 aromatic heterocycles. The van der Waals surface area contributed by atoms with E-state index in [1.807, 2.05) is 6.92 Å². The maximum atomic E-state index is 11.9. The summed E-state index contributed by atoms with van der Waals surface area (Å²) in [7, 11) is 0. The zero-order chi connectivity index (χ0) is 14.0. The number of rotatable bonds is 4. The Labute approximate surface area is 114 Å². The van der Waals surface area contributed by atoms with Gasteiger partial charge >= 0.3 is 0 Å². The first kappa shape index (κ1) is 13.4. The number of aromatic amines is 1. The first-order valence-corrected chi connectivity index (χ1v) is 6.15. The molecule has 0 aliphatic heterocycles. The number of aromatic hydroxyl groups is 1. The lowest BCUT2D eigenvalue weighted by atomic mass is 10.2. The first-order valence-electron chi connectivity index (χ1n) is 5.74. The molecule has 0 fully saturated rings. The van der Waals surface area contributed by atoms with E-state index in [1.54, 1.807) is 18.2 Å². The number of H-pyrrole nitrogens is 1. The Kier molecular flexibility index (Phi) is 3.71. The molecule has 2 N–H and O–H groups in total. The van der Waals surface area contributed by atoms with Crippen molar-refractivity contribution >= 4 is 12.2 Å². The summed E-state index contributed by atoms with van der Waals surface area (Å²) in [5, 5.41) is 10.1. The van der Waals surface area contributed by atoms with Crippen LogP contribution in [0.2, 0.25) is 0 Å². The molecule has 0 aliphatic rings. The van der Waals surface area contributed by atoms with Crippen LogP contribution in [0, 0.1) is 11.7 Å². The van der Waals surface area contributed by atoms with Crippen molar-refractivity contribution < 1.29 is 9.52 Å². The van der Waals surface area contributed by atoms with Crippen LogP contribution in [-0.4, -0.2) is 14.7 Å². The molecule has 0 bridgehead atoms. The van der Waals surface area contributed by atoms with Crippen LogP contribution in [0.25, 0.3) is 0 Å². The number of aromatic nitrogens is 2. The van der Waals surface area contributed by atoms with E-state index < -0.39 is 5.56 Å². The zero-order valence-electron chi connectivity index (χ0n) is 10.5. The average molecular weight is 278 g/mol. The van der Waals surface area contributed by atoms with E-state index in [1.165, 1.54) is 4.57 Å². The second-order valence-corrected chi connectivity index (χ2v) is 4.54. The van der Waals surface area contributed by atoms with Crippen molar-refractivity contribution in [1.82, 2.24) is 9.55 Å². The summed E-state index contributed by atoms with van der Waals surface area (Å²) < 4.78 is 6.99. The number of hydrogen-bond donors (Lipinski definition) is 2. The van der Waals surface area contributed by atoms with Gasteiger partial charge in [0.05, 0.1) is 5.56 Å². The van der Waals surface area contributed by atoms with Gasteiger partial charge < -0.3 is 9.52 Å². The summed E-state index contributed by atoms with van der Waals surface area (Å²) in [6, 6.07) is 3.58. The summed E-state index contributed by atoms with van der Waals surface area (Å²) in [5.41, 5.74) is -0.179. The van der Waals surface area contributed by atoms with Gasteiger partial charge in [0.15, 0.2) is 4.77 Å². The van der Waals surface area contributed by atoms with Gasteiger partial charge in [-0.2, -0.15) is 0 Å².